The summed E-state index contributed by atoms with van der Waals surface area (Å²) in [5.41, 5.74) is -2.27. The van der Waals surface area contributed by atoms with Crippen LogP contribution in [0.3, 0.4) is 0 Å². The van der Waals surface area contributed by atoms with Gasteiger partial charge in [-0.2, -0.15) is 0 Å². The Labute approximate surface area is 95.8 Å². The molecule has 0 amide bonds. The first kappa shape index (κ1) is 11.0. The molecule has 4 saturated carbocycles. The molecule has 0 spiro atoms. The number of hydrogen-bond acceptors (Lipinski definition) is 4. The van der Waals surface area contributed by atoms with E-state index in [1.807, 2.05) is 0 Å². The maximum absolute atomic E-state index is 11.0. The van der Waals surface area contributed by atoms with Crippen molar-refractivity contribution in [1.29, 1.82) is 0 Å². The standard InChI is InChI=1S/C11H18O4S/c12-10(16(13,14)15)11-4-7-1-8(5-11)3-9(2-7)6-11/h7-10,12H,1-6H2,(H,13,14,15)/p-1. The maximum Gasteiger partial charge on any atom is 0.149 e. The van der Waals surface area contributed by atoms with Crippen LogP contribution in [0.4, 0.5) is 0 Å². The Kier molecular flexibility index (Phi) is 2.20. The van der Waals surface area contributed by atoms with E-state index in [0.29, 0.717) is 17.8 Å². The van der Waals surface area contributed by atoms with Crippen molar-refractivity contribution in [2.75, 3.05) is 0 Å². The van der Waals surface area contributed by atoms with Gasteiger partial charge in [0.1, 0.15) is 15.6 Å². The van der Waals surface area contributed by atoms with Gasteiger partial charge in [-0.15, -0.1) is 0 Å². The molecule has 0 aromatic heterocycles. The van der Waals surface area contributed by atoms with E-state index in [9.17, 15) is 18.1 Å². The van der Waals surface area contributed by atoms with Gasteiger partial charge in [-0.05, 0) is 56.3 Å². The van der Waals surface area contributed by atoms with Crippen molar-refractivity contribution in [2.24, 2.45) is 23.2 Å². The summed E-state index contributed by atoms with van der Waals surface area (Å²) in [6.45, 7) is 0. The first-order valence-corrected chi connectivity index (χ1v) is 7.49. The number of aliphatic hydroxyl groups is 1. The van der Waals surface area contributed by atoms with Crippen molar-refractivity contribution < 1.29 is 18.1 Å². The molecule has 0 aliphatic heterocycles. The summed E-state index contributed by atoms with van der Waals surface area (Å²) in [5, 5.41) is 9.85. The fraction of sp³-hybridized carbons (Fsp3) is 1.00. The SMILES string of the molecule is O=S(=O)([O-])C(O)C12CC3CC(CC(C3)C1)C2. The molecule has 0 radical (unpaired) electrons. The molecule has 4 nitrogen and oxygen atoms in total. The van der Waals surface area contributed by atoms with E-state index in [2.05, 4.69) is 0 Å². The predicted molar refractivity (Wildman–Crippen MR) is 56.3 cm³/mol. The van der Waals surface area contributed by atoms with E-state index in [4.69, 9.17) is 0 Å². The summed E-state index contributed by atoms with van der Waals surface area (Å²) in [6.07, 6.45) is 5.73. The summed E-state index contributed by atoms with van der Waals surface area (Å²) in [5.74, 6) is 1.63. The molecule has 4 aliphatic rings. The normalized spacial score (nSPS) is 48.2. The van der Waals surface area contributed by atoms with Gasteiger partial charge in [0.15, 0.2) is 0 Å². The zero-order chi connectivity index (χ0) is 11.6. The van der Waals surface area contributed by atoms with E-state index in [-0.39, 0.29) is 0 Å². The lowest BCUT2D eigenvalue weighted by molar-refractivity contribution is -0.0956. The van der Waals surface area contributed by atoms with Gasteiger partial charge in [-0.3, -0.25) is 0 Å². The lowest BCUT2D eigenvalue weighted by Crippen LogP contribution is -2.53. The Morgan fingerprint density at radius 1 is 1.06 bits per heavy atom. The van der Waals surface area contributed by atoms with Crippen LogP contribution in [0.5, 0.6) is 0 Å². The summed E-state index contributed by atoms with van der Waals surface area (Å²) in [7, 11) is -4.56. The van der Waals surface area contributed by atoms with Crippen molar-refractivity contribution in [3.63, 3.8) is 0 Å². The first-order valence-electron chi connectivity index (χ1n) is 6.02. The van der Waals surface area contributed by atoms with Gasteiger partial charge in [0.05, 0.1) is 0 Å². The van der Waals surface area contributed by atoms with Gasteiger partial charge < -0.3 is 9.66 Å². The van der Waals surface area contributed by atoms with Crippen LogP contribution < -0.4 is 0 Å². The second kappa shape index (κ2) is 3.21. The third-order valence-electron chi connectivity index (χ3n) is 4.88. The van der Waals surface area contributed by atoms with Crippen molar-refractivity contribution in [1.82, 2.24) is 0 Å². The van der Waals surface area contributed by atoms with Gasteiger partial charge in [-0.1, -0.05) is 0 Å². The zero-order valence-corrected chi connectivity index (χ0v) is 9.95. The summed E-state index contributed by atoms with van der Waals surface area (Å²) >= 11 is 0. The van der Waals surface area contributed by atoms with E-state index in [0.717, 1.165) is 19.3 Å². The monoisotopic (exact) mass is 245 g/mol. The minimum atomic E-state index is -4.56. The highest BCUT2D eigenvalue weighted by molar-refractivity contribution is 7.86. The Hall–Kier alpha value is -0.130. The molecule has 0 aromatic carbocycles. The van der Waals surface area contributed by atoms with E-state index >= 15 is 0 Å². The van der Waals surface area contributed by atoms with Crippen LogP contribution in [0.1, 0.15) is 38.5 Å². The minimum Gasteiger partial charge on any atom is -0.746 e. The molecule has 92 valence electrons. The van der Waals surface area contributed by atoms with E-state index in [1.54, 1.807) is 0 Å². The zero-order valence-electron chi connectivity index (χ0n) is 9.13. The molecule has 0 heterocycles. The summed E-state index contributed by atoms with van der Waals surface area (Å²) in [4.78, 5) is 0. The quantitative estimate of drug-likeness (QED) is 0.738. The number of rotatable bonds is 2. The highest BCUT2D eigenvalue weighted by atomic mass is 32.2. The average Bonchev–Trinajstić information content (AvgIpc) is 2.12. The van der Waals surface area contributed by atoms with Crippen LogP contribution in [-0.2, 0) is 10.1 Å². The molecule has 1 atom stereocenters. The van der Waals surface area contributed by atoms with Gasteiger partial charge in [0, 0.05) is 5.41 Å². The molecule has 0 aromatic rings. The van der Waals surface area contributed by atoms with Crippen LogP contribution in [0.15, 0.2) is 0 Å². The van der Waals surface area contributed by atoms with E-state index in [1.165, 1.54) is 19.3 Å². The van der Waals surface area contributed by atoms with Crippen molar-refractivity contribution >= 4 is 10.1 Å². The van der Waals surface area contributed by atoms with Crippen LogP contribution >= 0.6 is 0 Å². The highest BCUT2D eigenvalue weighted by Crippen LogP contribution is 2.61. The predicted octanol–water partition coefficient (Wildman–Crippen LogP) is 1.07. The molecule has 4 bridgehead atoms. The van der Waals surface area contributed by atoms with Crippen LogP contribution in [-0.4, -0.2) is 23.5 Å². The molecule has 4 rings (SSSR count). The molecular formula is C11H17O4S-. The second-order valence-electron chi connectivity index (χ2n) is 6.13. The van der Waals surface area contributed by atoms with Crippen molar-refractivity contribution in [2.45, 2.75) is 44.0 Å². The van der Waals surface area contributed by atoms with Gasteiger partial charge in [-0.25, -0.2) is 8.42 Å². The molecule has 1 unspecified atom stereocenters. The first-order chi connectivity index (χ1) is 7.39. The Morgan fingerprint density at radius 3 is 1.75 bits per heavy atom. The third-order valence-corrected chi connectivity index (χ3v) is 5.93. The molecule has 4 fully saturated rings. The summed E-state index contributed by atoms with van der Waals surface area (Å²) < 4.78 is 33.1. The maximum atomic E-state index is 11.0. The Bertz CT molecular complexity index is 365. The molecule has 5 heteroatoms. The number of hydrogen-bond donors (Lipinski definition) is 1. The largest absolute Gasteiger partial charge is 0.746 e. The number of aliphatic hydroxyl groups excluding tert-OH is 1. The topological polar surface area (TPSA) is 77.4 Å². The Balaban J connectivity index is 1.94. The lowest BCUT2D eigenvalue weighted by Gasteiger charge is -2.58. The van der Waals surface area contributed by atoms with Crippen LogP contribution in [0.25, 0.3) is 0 Å². The van der Waals surface area contributed by atoms with Gasteiger partial charge in [0.2, 0.25) is 0 Å². The molecule has 0 saturated heterocycles. The van der Waals surface area contributed by atoms with Crippen LogP contribution in [0.2, 0.25) is 0 Å². The average molecular weight is 245 g/mol. The minimum absolute atomic E-state index is 0.544. The lowest BCUT2D eigenvalue weighted by atomic mass is 9.50. The Morgan fingerprint density at radius 2 is 1.44 bits per heavy atom. The molecule has 1 N–H and O–H groups in total. The highest BCUT2D eigenvalue weighted by Gasteiger charge is 2.55. The van der Waals surface area contributed by atoms with Crippen LogP contribution in [0, 0.1) is 23.2 Å². The smallest absolute Gasteiger partial charge is 0.149 e. The van der Waals surface area contributed by atoms with Crippen molar-refractivity contribution in [3.8, 4) is 0 Å². The fourth-order valence-electron chi connectivity index (χ4n) is 4.79. The van der Waals surface area contributed by atoms with Gasteiger partial charge in [0.25, 0.3) is 0 Å². The third kappa shape index (κ3) is 1.52. The summed E-state index contributed by atoms with van der Waals surface area (Å²) in [6, 6.07) is 0. The van der Waals surface area contributed by atoms with Crippen molar-refractivity contribution in [3.05, 3.63) is 0 Å². The van der Waals surface area contributed by atoms with E-state index < -0.39 is 21.0 Å². The molecule has 4 aliphatic carbocycles. The molecular weight excluding hydrogens is 228 g/mol. The van der Waals surface area contributed by atoms with Gasteiger partial charge >= 0.3 is 0 Å². The fourth-order valence-corrected chi connectivity index (χ4v) is 5.69. The molecule has 16 heavy (non-hydrogen) atoms. The second-order valence-corrected chi connectivity index (χ2v) is 7.56.